The summed E-state index contributed by atoms with van der Waals surface area (Å²) in [4.78, 5) is 35.4. The van der Waals surface area contributed by atoms with E-state index in [1.165, 1.54) is 0 Å². The second-order valence-electron chi connectivity index (χ2n) is 6.86. The quantitative estimate of drug-likeness (QED) is 0.404. The van der Waals surface area contributed by atoms with E-state index in [9.17, 15) is 24.1 Å². The Morgan fingerprint density at radius 3 is 2.47 bits per heavy atom. The van der Waals surface area contributed by atoms with Gasteiger partial charge >= 0.3 is 5.69 Å². The second-order valence-corrected chi connectivity index (χ2v) is 6.86. The number of hydrogen-bond acceptors (Lipinski definition) is 5. The number of amides is 2. The van der Waals surface area contributed by atoms with E-state index in [0.29, 0.717) is 0 Å². The molecule has 1 atom stereocenters. The van der Waals surface area contributed by atoms with Crippen molar-refractivity contribution in [1.29, 1.82) is 0 Å². The number of benzene rings is 3. The first-order chi connectivity index (χ1) is 15.3. The Balaban J connectivity index is 1.67. The van der Waals surface area contributed by atoms with Crippen LogP contribution < -0.4 is 15.4 Å². The number of nitrogens with one attached hydrogen (secondary N) is 2. The molecule has 3 aromatic carbocycles. The lowest BCUT2D eigenvalue weighted by molar-refractivity contribution is -0.385. The number of ether oxygens (including phenoxy) is 1. The van der Waals surface area contributed by atoms with E-state index >= 15 is 0 Å². The topological polar surface area (TPSA) is 111 Å². The highest BCUT2D eigenvalue weighted by atomic mass is 19.1. The van der Waals surface area contributed by atoms with Gasteiger partial charge in [-0.05, 0) is 30.7 Å². The van der Waals surface area contributed by atoms with Crippen LogP contribution >= 0.6 is 0 Å². The molecule has 0 saturated heterocycles. The van der Waals surface area contributed by atoms with Crippen LogP contribution in [0.15, 0.2) is 72.8 Å². The number of nitro benzene ring substituents is 1. The molecule has 0 bridgehead atoms. The molecular formula is C23H20FN3O5. The first-order valence-electron chi connectivity index (χ1n) is 9.66. The molecule has 8 nitrogen and oxygen atoms in total. The maximum Gasteiger partial charge on any atom is 0.311 e. The number of para-hydroxylation sites is 1. The number of halogens is 1. The number of hydrogen-bond donors (Lipinski definition) is 2. The Labute approximate surface area is 183 Å². The number of carbonyl (C=O) groups excluding carboxylic acids is 2. The molecule has 2 N–H and O–H groups in total. The van der Waals surface area contributed by atoms with Crippen molar-refractivity contribution in [2.75, 3.05) is 11.9 Å². The van der Waals surface area contributed by atoms with E-state index in [4.69, 9.17) is 4.74 Å². The Morgan fingerprint density at radius 2 is 1.75 bits per heavy atom. The van der Waals surface area contributed by atoms with Crippen LogP contribution in [-0.2, 0) is 4.79 Å². The maximum atomic E-state index is 13.4. The molecule has 0 saturated carbocycles. The van der Waals surface area contributed by atoms with Gasteiger partial charge in [0.1, 0.15) is 5.82 Å². The Bertz CT molecular complexity index is 1140. The molecule has 32 heavy (non-hydrogen) atoms. The normalized spacial score (nSPS) is 11.3. The average molecular weight is 437 g/mol. The van der Waals surface area contributed by atoms with Gasteiger partial charge in [-0.3, -0.25) is 19.7 Å². The van der Waals surface area contributed by atoms with E-state index in [0.717, 1.165) is 23.8 Å². The number of carbonyl (C=O) groups is 2. The molecule has 1 unspecified atom stereocenters. The van der Waals surface area contributed by atoms with Crippen molar-refractivity contribution in [1.82, 2.24) is 5.32 Å². The lowest BCUT2D eigenvalue weighted by atomic mass is 10.1. The monoisotopic (exact) mass is 437 g/mol. The van der Waals surface area contributed by atoms with E-state index < -0.39 is 28.9 Å². The van der Waals surface area contributed by atoms with Crippen LogP contribution in [0, 0.1) is 15.9 Å². The minimum atomic E-state index is -0.736. The number of nitro groups is 1. The summed E-state index contributed by atoms with van der Waals surface area (Å²) in [6.07, 6.45) is 0. The Morgan fingerprint density at radius 1 is 1.06 bits per heavy atom. The molecule has 0 heterocycles. The minimum absolute atomic E-state index is 0.236. The van der Waals surface area contributed by atoms with Crippen LogP contribution in [0.4, 0.5) is 15.8 Å². The second kappa shape index (κ2) is 10.2. The summed E-state index contributed by atoms with van der Waals surface area (Å²) in [5, 5.41) is 16.5. The van der Waals surface area contributed by atoms with Crippen molar-refractivity contribution < 1.29 is 23.6 Å². The highest BCUT2D eigenvalue weighted by molar-refractivity contribution is 6.04. The molecule has 3 aromatic rings. The molecule has 9 heteroatoms. The van der Waals surface area contributed by atoms with Gasteiger partial charge in [0.25, 0.3) is 11.8 Å². The van der Waals surface area contributed by atoms with E-state index in [2.05, 4.69) is 10.6 Å². The number of anilines is 1. The van der Waals surface area contributed by atoms with Crippen LogP contribution in [0.3, 0.4) is 0 Å². The van der Waals surface area contributed by atoms with Gasteiger partial charge in [0.2, 0.25) is 5.75 Å². The van der Waals surface area contributed by atoms with Crippen LogP contribution in [0.25, 0.3) is 0 Å². The lowest BCUT2D eigenvalue weighted by Crippen LogP contribution is -2.28. The van der Waals surface area contributed by atoms with Gasteiger partial charge in [-0.2, -0.15) is 0 Å². The first kappa shape index (κ1) is 22.4. The third-order valence-corrected chi connectivity index (χ3v) is 4.57. The lowest BCUT2D eigenvalue weighted by Gasteiger charge is -2.16. The van der Waals surface area contributed by atoms with E-state index in [1.54, 1.807) is 24.3 Å². The highest BCUT2D eigenvalue weighted by Crippen LogP contribution is 2.27. The molecule has 3 rings (SSSR count). The largest absolute Gasteiger partial charge is 0.477 e. The molecule has 164 valence electrons. The molecule has 0 radical (unpaired) electrons. The predicted molar refractivity (Wildman–Crippen MR) is 116 cm³/mol. The summed E-state index contributed by atoms with van der Waals surface area (Å²) in [5.74, 6) is -2.16. The predicted octanol–water partition coefficient (Wildman–Crippen LogP) is 4.24. The molecule has 0 aliphatic carbocycles. The molecular weight excluding hydrogens is 417 g/mol. The summed E-state index contributed by atoms with van der Waals surface area (Å²) in [6, 6.07) is 18.3. The van der Waals surface area contributed by atoms with Crippen molar-refractivity contribution in [3.8, 4) is 5.75 Å². The smallest absolute Gasteiger partial charge is 0.311 e. The van der Waals surface area contributed by atoms with Crippen molar-refractivity contribution in [3.05, 3.63) is 99.9 Å². The van der Waals surface area contributed by atoms with Gasteiger partial charge < -0.3 is 15.4 Å². The van der Waals surface area contributed by atoms with Crippen LogP contribution in [0.1, 0.15) is 28.9 Å². The average Bonchev–Trinajstić information content (AvgIpc) is 2.78. The SMILES string of the molecule is CC(NC(=O)c1ccccc1NC(=O)COc1cc(F)ccc1[N+](=O)[O-])c1ccccc1. The third kappa shape index (κ3) is 5.66. The van der Waals surface area contributed by atoms with Crippen molar-refractivity contribution in [2.24, 2.45) is 0 Å². The zero-order valence-electron chi connectivity index (χ0n) is 17.1. The zero-order chi connectivity index (χ0) is 23.1. The van der Waals surface area contributed by atoms with Gasteiger partial charge in [0, 0.05) is 12.1 Å². The van der Waals surface area contributed by atoms with E-state index in [1.807, 2.05) is 37.3 Å². The Kier molecular flexibility index (Phi) is 7.12. The van der Waals surface area contributed by atoms with Crippen LogP contribution in [0.2, 0.25) is 0 Å². The van der Waals surface area contributed by atoms with Gasteiger partial charge in [-0.25, -0.2) is 4.39 Å². The zero-order valence-corrected chi connectivity index (χ0v) is 17.1. The molecule has 0 spiro atoms. The standard InChI is InChI=1S/C23H20FN3O5/c1-15(16-7-3-2-4-8-16)25-23(29)18-9-5-6-10-19(18)26-22(28)14-32-21-13-17(24)11-12-20(21)27(30)31/h2-13,15H,14H2,1H3,(H,25,29)(H,26,28). The van der Waals surface area contributed by atoms with Crippen LogP contribution in [0.5, 0.6) is 5.75 Å². The summed E-state index contributed by atoms with van der Waals surface area (Å²) in [6.45, 7) is 1.23. The Hall–Kier alpha value is -4.27. The summed E-state index contributed by atoms with van der Waals surface area (Å²) < 4.78 is 18.5. The molecule has 0 fully saturated rings. The molecule has 0 aromatic heterocycles. The fourth-order valence-electron chi connectivity index (χ4n) is 2.97. The van der Waals surface area contributed by atoms with Crippen LogP contribution in [-0.4, -0.2) is 23.3 Å². The third-order valence-electron chi connectivity index (χ3n) is 4.57. The van der Waals surface area contributed by atoms with E-state index in [-0.39, 0.29) is 28.9 Å². The maximum absolute atomic E-state index is 13.4. The molecule has 0 aliphatic heterocycles. The van der Waals surface area contributed by atoms with Gasteiger partial charge in [-0.1, -0.05) is 42.5 Å². The fraction of sp³-hybridized carbons (Fsp3) is 0.130. The van der Waals surface area contributed by atoms with Gasteiger partial charge in [0.05, 0.1) is 22.2 Å². The molecule has 2 amide bonds. The van der Waals surface area contributed by atoms with Gasteiger partial charge in [0.15, 0.2) is 6.61 Å². The fourth-order valence-corrected chi connectivity index (χ4v) is 2.97. The van der Waals surface area contributed by atoms with Crippen molar-refractivity contribution in [2.45, 2.75) is 13.0 Å². The molecule has 0 aliphatic rings. The summed E-state index contributed by atoms with van der Waals surface area (Å²) >= 11 is 0. The van der Waals surface area contributed by atoms with Crippen molar-refractivity contribution >= 4 is 23.2 Å². The van der Waals surface area contributed by atoms with Crippen molar-refractivity contribution in [3.63, 3.8) is 0 Å². The summed E-state index contributed by atoms with van der Waals surface area (Å²) in [7, 11) is 0. The van der Waals surface area contributed by atoms with Gasteiger partial charge in [-0.15, -0.1) is 0 Å². The summed E-state index contributed by atoms with van der Waals surface area (Å²) in [5.41, 5.74) is 0.939. The highest BCUT2D eigenvalue weighted by Gasteiger charge is 2.19. The number of rotatable bonds is 8. The first-order valence-corrected chi connectivity index (χ1v) is 9.66. The number of nitrogens with zero attached hydrogens (tertiary/aromatic N) is 1. The minimum Gasteiger partial charge on any atom is -0.477 e.